The summed E-state index contributed by atoms with van der Waals surface area (Å²) in [6.45, 7) is -1.28. The SMILES string of the molecule is CNC(=O)c1ccc(Nc2nccn3c(-c4ccc(OC(F)F)c(F)c4)cnc23)cc1C. The lowest BCUT2D eigenvalue weighted by molar-refractivity contribution is -0.0521. The van der Waals surface area contributed by atoms with E-state index in [9.17, 15) is 18.0 Å². The zero-order chi connectivity index (χ0) is 22.8. The normalized spacial score (nSPS) is 11.1. The van der Waals surface area contributed by atoms with Gasteiger partial charge in [0, 0.05) is 36.3 Å². The monoisotopic (exact) mass is 441 g/mol. The second kappa shape index (κ2) is 8.58. The standard InChI is InChI=1S/C22H18F3N5O2/c1-12-9-14(4-5-15(12)21(31)26-2)29-19-20-28-11-17(30(20)8-7-27-19)13-3-6-18(16(23)10-13)32-22(24)25/h3-11,22H,1-2H3,(H,26,31)(H,27,29). The first kappa shape index (κ1) is 21.2. The van der Waals surface area contributed by atoms with Crippen molar-refractivity contribution in [1.82, 2.24) is 19.7 Å². The molecule has 4 rings (SSSR count). The minimum Gasteiger partial charge on any atom is -0.432 e. The number of fused-ring (bicyclic) bond motifs is 1. The van der Waals surface area contributed by atoms with Crippen molar-refractivity contribution >= 4 is 23.1 Å². The summed E-state index contributed by atoms with van der Waals surface area (Å²) in [6, 6.07) is 9.00. The fourth-order valence-electron chi connectivity index (χ4n) is 3.34. The molecule has 0 saturated heterocycles. The van der Waals surface area contributed by atoms with Gasteiger partial charge in [0.1, 0.15) is 0 Å². The molecule has 0 aliphatic rings. The third-order valence-corrected chi connectivity index (χ3v) is 4.83. The van der Waals surface area contributed by atoms with Crippen molar-refractivity contribution in [3.8, 4) is 17.0 Å². The summed E-state index contributed by atoms with van der Waals surface area (Å²) in [5, 5.41) is 5.77. The van der Waals surface area contributed by atoms with Crippen LogP contribution >= 0.6 is 0 Å². The number of carbonyl (C=O) groups is 1. The van der Waals surface area contributed by atoms with Crippen LogP contribution in [0, 0.1) is 12.7 Å². The van der Waals surface area contributed by atoms with E-state index in [4.69, 9.17) is 0 Å². The van der Waals surface area contributed by atoms with Crippen molar-refractivity contribution in [2.24, 2.45) is 0 Å². The molecule has 2 N–H and O–H groups in total. The summed E-state index contributed by atoms with van der Waals surface area (Å²) < 4.78 is 44.8. The average molecular weight is 441 g/mol. The average Bonchev–Trinajstić information content (AvgIpc) is 3.20. The Morgan fingerprint density at radius 3 is 2.66 bits per heavy atom. The van der Waals surface area contributed by atoms with Gasteiger partial charge in [0.25, 0.3) is 5.91 Å². The van der Waals surface area contributed by atoms with Gasteiger partial charge in [-0.1, -0.05) is 0 Å². The summed E-state index contributed by atoms with van der Waals surface area (Å²) in [6.07, 6.45) is 4.74. The first-order valence-corrected chi connectivity index (χ1v) is 9.54. The first-order valence-electron chi connectivity index (χ1n) is 9.54. The number of nitrogens with zero attached hydrogens (tertiary/aromatic N) is 3. The van der Waals surface area contributed by atoms with Gasteiger partial charge in [-0.05, 0) is 48.9 Å². The van der Waals surface area contributed by atoms with Gasteiger partial charge in [-0.2, -0.15) is 8.78 Å². The fraction of sp³-hybridized carbons (Fsp3) is 0.136. The molecule has 164 valence electrons. The van der Waals surface area contributed by atoms with E-state index >= 15 is 0 Å². The first-order chi connectivity index (χ1) is 15.4. The van der Waals surface area contributed by atoms with E-state index in [0.717, 1.165) is 17.7 Å². The van der Waals surface area contributed by atoms with E-state index in [-0.39, 0.29) is 5.91 Å². The van der Waals surface area contributed by atoms with Crippen LogP contribution < -0.4 is 15.4 Å². The highest BCUT2D eigenvalue weighted by Gasteiger charge is 2.15. The van der Waals surface area contributed by atoms with E-state index in [2.05, 4.69) is 25.3 Å². The van der Waals surface area contributed by atoms with Crippen molar-refractivity contribution < 1.29 is 22.7 Å². The molecule has 10 heteroatoms. The van der Waals surface area contributed by atoms with Gasteiger partial charge >= 0.3 is 6.61 Å². The second-order valence-electron chi connectivity index (χ2n) is 6.87. The van der Waals surface area contributed by atoms with Crippen LogP contribution in [-0.2, 0) is 0 Å². The molecular weight excluding hydrogens is 423 g/mol. The topological polar surface area (TPSA) is 80.6 Å². The van der Waals surface area contributed by atoms with Crippen LogP contribution in [0.15, 0.2) is 55.0 Å². The van der Waals surface area contributed by atoms with Crippen molar-refractivity contribution in [3.63, 3.8) is 0 Å². The summed E-state index contributed by atoms with van der Waals surface area (Å²) >= 11 is 0. The number of halogens is 3. The molecule has 32 heavy (non-hydrogen) atoms. The summed E-state index contributed by atoms with van der Waals surface area (Å²) in [5.41, 5.74) is 3.50. The predicted molar refractivity (Wildman–Crippen MR) is 113 cm³/mol. The van der Waals surface area contributed by atoms with Crippen LogP contribution in [0.4, 0.5) is 24.7 Å². The third kappa shape index (κ3) is 4.07. The molecule has 0 bridgehead atoms. The van der Waals surface area contributed by atoms with Gasteiger partial charge in [0.05, 0.1) is 11.9 Å². The van der Waals surface area contributed by atoms with Crippen molar-refractivity contribution in [2.75, 3.05) is 12.4 Å². The van der Waals surface area contributed by atoms with Gasteiger partial charge < -0.3 is 15.4 Å². The van der Waals surface area contributed by atoms with E-state index in [1.54, 1.807) is 36.0 Å². The van der Waals surface area contributed by atoms with Gasteiger partial charge in [-0.3, -0.25) is 9.20 Å². The van der Waals surface area contributed by atoms with E-state index < -0.39 is 18.2 Å². The molecule has 1 amide bonds. The van der Waals surface area contributed by atoms with Crippen molar-refractivity contribution in [3.05, 3.63) is 71.9 Å². The highest BCUT2D eigenvalue weighted by atomic mass is 19.3. The minimum absolute atomic E-state index is 0.177. The minimum atomic E-state index is -3.11. The molecule has 4 aromatic rings. The Kier molecular flexibility index (Phi) is 5.67. The Labute approximate surface area is 180 Å². The number of nitrogens with one attached hydrogen (secondary N) is 2. The summed E-state index contributed by atoms with van der Waals surface area (Å²) in [7, 11) is 1.57. The quantitative estimate of drug-likeness (QED) is 0.459. The molecule has 2 heterocycles. The zero-order valence-corrected chi connectivity index (χ0v) is 17.1. The molecule has 7 nitrogen and oxygen atoms in total. The van der Waals surface area contributed by atoms with Gasteiger partial charge in [-0.15, -0.1) is 0 Å². The zero-order valence-electron chi connectivity index (χ0n) is 17.1. The Hall–Kier alpha value is -4.08. The number of imidazole rings is 1. The summed E-state index contributed by atoms with van der Waals surface area (Å²) in [5.74, 6) is -1.16. The van der Waals surface area contributed by atoms with E-state index in [0.29, 0.717) is 34.0 Å². The molecule has 0 aliphatic heterocycles. The maximum Gasteiger partial charge on any atom is 0.387 e. The Morgan fingerprint density at radius 1 is 1.16 bits per heavy atom. The van der Waals surface area contributed by atoms with Crippen LogP contribution in [0.3, 0.4) is 0 Å². The number of anilines is 2. The molecule has 0 unspecified atom stereocenters. The molecule has 2 aromatic heterocycles. The molecule has 0 atom stereocenters. The molecular formula is C22H18F3N5O2. The number of carbonyl (C=O) groups excluding carboxylic acids is 1. The van der Waals surface area contributed by atoms with Crippen LogP contribution in [0.2, 0.25) is 0 Å². The number of aromatic nitrogens is 3. The Morgan fingerprint density at radius 2 is 1.97 bits per heavy atom. The lowest BCUT2D eigenvalue weighted by Crippen LogP contribution is -2.18. The summed E-state index contributed by atoms with van der Waals surface area (Å²) in [4.78, 5) is 20.6. The third-order valence-electron chi connectivity index (χ3n) is 4.83. The molecule has 0 radical (unpaired) electrons. The number of amides is 1. The van der Waals surface area contributed by atoms with Crippen molar-refractivity contribution in [1.29, 1.82) is 0 Å². The highest BCUT2D eigenvalue weighted by Crippen LogP contribution is 2.29. The molecule has 2 aromatic carbocycles. The number of alkyl halides is 2. The van der Waals surface area contributed by atoms with Crippen LogP contribution in [0.25, 0.3) is 16.9 Å². The number of benzene rings is 2. The number of ether oxygens (including phenoxy) is 1. The second-order valence-corrected chi connectivity index (χ2v) is 6.87. The van der Waals surface area contributed by atoms with Gasteiger partial charge in [0.2, 0.25) is 0 Å². The molecule has 0 fully saturated rings. The highest BCUT2D eigenvalue weighted by molar-refractivity contribution is 5.96. The number of aryl methyl sites for hydroxylation is 1. The number of hydrogen-bond donors (Lipinski definition) is 2. The molecule has 0 aliphatic carbocycles. The number of hydrogen-bond acceptors (Lipinski definition) is 5. The van der Waals surface area contributed by atoms with E-state index in [1.807, 2.05) is 13.0 Å². The van der Waals surface area contributed by atoms with Crippen molar-refractivity contribution in [2.45, 2.75) is 13.5 Å². The lowest BCUT2D eigenvalue weighted by Gasteiger charge is -2.11. The van der Waals surface area contributed by atoms with Crippen LogP contribution in [0.1, 0.15) is 15.9 Å². The Bertz CT molecular complexity index is 1310. The number of rotatable bonds is 6. The van der Waals surface area contributed by atoms with E-state index in [1.165, 1.54) is 12.3 Å². The maximum atomic E-state index is 14.2. The predicted octanol–water partition coefficient (Wildman–Crippen LogP) is 4.55. The largest absolute Gasteiger partial charge is 0.432 e. The van der Waals surface area contributed by atoms with Crippen LogP contribution in [0.5, 0.6) is 5.75 Å². The Balaban J connectivity index is 1.66. The van der Waals surface area contributed by atoms with Gasteiger partial charge in [-0.25, -0.2) is 14.4 Å². The lowest BCUT2D eigenvalue weighted by atomic mass is 10.1. The maximum absolute atomic E-state index is 14.2. The van der Waals surface area contributed by atoms with Crippen LogP contribution in [-0.4, -0.2) is 33.9 Å². The van der Waals surface area contributed by atoms with Gasteiger partial charge in [0.15, 0.2) is 23.0 Å². The molecule has 0 saturated carbocycles. The molecule has 0 spiro atoms. The smallest absolute Gasteiger partial charge is 0.387 e. The fourth-order valence-corrected chi connectivity index (χ4v) is 3.34.